The summed E-state index contributed by atoms with van der Waals surface area (Å²) in [5.41, 5.74) is -0.718. The van der Waals surface area contributed by atoms with Crippen molar-refractivity contribution in [2.45, 2.75) is 33.3 Å². The molecule has 0 heterocycles. The van der Waals surface area contributed by atoms with Gasteiger partial charge in [0.25, 0.3) is 0 Å². The minimum absolute atomic E-state index is 0.263. The van der Waals surface area contributed by atoms with E-state index in [1.165, 1.54) is 6.92 Å². The van der Waals surface area contributed by atoms with Crippen molar-refractivity contribution in [3.63, 3.8) is 0 Å². The Morgan fingerprint density at radius 2 is 1.69 bits per heavy atom. The Balaban J connectivity index is 4.56. The summed E-state index contributed by atoms with van der Waals surface area (Å²) in [6.45, 7) is 5.46. The summed E-state index contributed by atoms with van der Waals surface area (Å²) >= 11 is 0. The van der Waals surface area contributed by atoms with Crippen molar-refractivity contribution in [2.24, 2.45) is 0 Å². The number of aliphatic carboxylic acids is 1. The molecule has 6 heteroatoms. The summed E-state index contributed by atoms with van der Waals surface area (Å²) in [5.74, 6) is -1.49. The second kappa shape index (κ2) is 5.48. The van der Waals surface area contributed by atoms with Gasteiger partial charge in [-0.1, -0.05) is 0 Å². The van der Waals surface area contributed by atoms with Crippen LogP contribution in [0.3, 0.4) is 0 Å². The fourth-order valence-corrected chi connectivity index (χ4v) is 0.944. The molecule has 92 valence electrons. The van der Waals surface area contributed by atoms with Gasteiger partial charge in [0, 0.05) is 0 Å². The van der Waals surface area contributed by atoms with E-state index in [2.05, 4.69) is 0 Å². The highest BCUT2D eigenvalue weighted by molar-refractivity contribution is 5.84. The molecule has 0 bridgehead atoms. The second-order valence-corrected chi connectivity index (χ2v) is 4.43. The van der Waals surface area contributed by atoms with Gasteiger partial charge in [-0.05, 0) is 27.7 Å². The van der Waals surface area contributed by atoms with Gasteiger partial charge < -0.3 is 9.84 Å². The van der Waals surface area contributed by atoms with Crippen LogP contribution in [0, 0.1) is 0 Å². The number of hydrogen-bond acceptors (Lipinski definition) is 4. The predicted octanol–water partition coefficient (Wildman–Crippen LogP) is 0.897. The number of carbonyl (C=O) groups excluding carboxylic acids is 2. The maximum Gasteiger partial charge on any atom is 0.411 e. The van der Waals surface area contributed by atoms with Crippen molar-refractivity contribution in [1.29, 1.82) is 0 Å². The Kier molecular flexibility index (Phi) is 4.94. The van der Waals surface area contributed by atoms with Gasteiger partial charge in [0.1, 0.15) is 17.9 Å². The molecular weight excluding hydrogens is 214 g/mol. The lowest BCUT2D eigenvalue weighted by molar-refractivity contribution is -0.138. The normalized spacial score (nSPS) is 10.8. The molecule has 0 aliphatic heterocycles. The third kappa shape index (κ3) is 6.80. The van der Waals surface area contributed by atoms with Gasteiger partial charge in [0.2, 0.25) is 0 Å². The van der Waals surface area contributed by atoms with E-state index in [1.807, 2.05) is 0 Å². The van der Waals surface area contributed by atoms with Crippen molar-refractivity contribution in [3.8, 4) is 0 Å². The minimum atomic E-state index is -1.19. The van der Waals surface area contributed by atoms with Gasteiger partial charge in [0.15, 0.2) is 0 Å². The fourth-order valence-electron chi connectivity index (χ4n) is 0.944. The molecule has 0 aliphatic carbocycles. The van der Waals surface area contributed by atoms with Crippen LogP contribution in [0.5, 0.6) is 0 Å². The van der Waals surface area contributed by atoms with Crippen LogP contribution in [0.25, 0.3) is 0 Å². The maximum atomic E-state index is 11.5. The first-order valence-corrected chi connectivity index (χ1v) is 4.81. The zero-order chi connectivity index (χ0) is 12.9. The van der Waals surface area contributed by atoms with Crippen LogP contribution >= 0.6 is 0 Å². The van der Waals surface area contributed by atoms with E-state index in [4.69, 9.17) is 9.84 Å². The number of rotatable bonds is 4. The maximum absolute atomic E-state index is 11.5. The molecule has 6 nitrogen and oxygen atoms in total. The summed E-state index contributed by atoms with van der Waals surface area (Å²) in [4.78, 5) is 33.7. The van der Waals surface area contributed by atoms with E-state index in [9.17, 15) is 14.4 Å². The lowest BCUT2D eigenvalue weighted by Gasteiger charge is -2.25. The molecule has 16 heavy (non-hydrogen) atoms. The van der Waals surface area contributed by atoms with Crippen LogP contribution in [0.1, 0.15) is 27.7 Å². The molecule has 0 aromatic heterocycles. The second-order valence-electron chi connectivity index (χ2n) is 4.43. The predicted molar refractivity (Wildman–Crippen MR) is 56.1 cm³/mol. The summed E-state index contributed by atoms with van der Waals surface area (Å²) in [7, 11) is 0. The van der Waals surface area contributed by atoms with Crippen molar-refractivity contribution in [3.05, 3.63) is 0 Å². The van der Waals surface area contributed by atoms with Gasteiger partial charge in [-0.15, -0.1) is 0 Å². The standard InChI is InChI=1S/C10H17NO5/c1-7(12)5-11(6-8(13)14)9(15)16-10(2,3)4/h5-6H2,1-4H3,(H,13,14). The van der Waals surface area contributed by atoms with Crippen molar-refractivity contribution >= 4 is 17.8 Å². The Bertz CT molecular complexity index is 276. The van der Waals surface area contributed by atoms with Crippen molar-refractivity contribution in [2.75, 3.05) is 13.1 Å². The molecule has 0 aliphatic rings. The van der Waals surface area contributed by atoms with E-state index in [-0.39, 0.29) is 12.3 Å². The average molecular weight is 231 g/mol. The molecule has 0 aromatic rings. The molecule has 0 fully saturated rings. The quantitative estimate of drug-likeness (QED) is 0.777. The number of ether oxygens (including phenoxy) is 1. The first kappa shape index (κ1) is 14.4. The first-order valence-electron chi connectivity index (χ1n) is 4.81. The van der Waals surface area contributed by atoms with Crippen molar-refractivity contribution < 1.29 is 24.2 Å². The minimum Gasteiger partial charge on any atom is -0.480 e. The molecule has 0 aromatic carbocycles. The van der Waals surface area contributed by atoms with Gasteiger partial charge >= 0.3 is 12.1 Å². The van der Waals surface area contributed by atoms with Crippen molar-refractivity contribution in [1.82, 2.24) is 4.90 Å². The lowest BCUT2D eigenvalue weighted by Crippen LogP contribution is -2.42. The number of hydrogen-bond donors (Lipinski definition) is 1. The van der Waals surface area contributed by atoms with Gasteiger partial charge in [0.05, 0.1) is 6.54 Å². The third-order valence-corrected chi connectivity index (χ3v) is 1.39. The summed E-state index contributed by atoms with van der Waals surface area (Å²) in [5, 5.41) is 8.58. The Hall–Kier alpha value is -1.59. The summed E-state index contributed by atoms with van der Waals surface area (Å²) in [6, 6.07) is 0. The van der Waals surface area contributed by atoms with Crippen LogP contribution in [0.4, 0.5) is 4.79 Å². The SMILES string of the molecule is CC(=O)CN(CC(=O)O)C(=O)OC(C)(C)C. The number of Topliss-reactive ketones (excluding diaryl/α,β-unsaturated/α-hetero) is 1. The van der Waals surface area contributed by atoms with Gasteiger partial charge in [-0.25, -0.2) is 4.79 Å². The zero-order valence-corrected chi connectivity index (χ0v) is 9.94. The molecule has 0 radical (unpaired) electrons. The smallest absolute Gasteiger partial charge is 0.411 e. The molecule has 1 amide bonds. The fraction of sp³-hybridized carbons (Fsp3) is 0.700. The highest BCUT2D eigenvalue weighted by atomic mass is 16.6. The number of carbonyl (C=O) groups is 3. The number of carboxylic acids is 1. The Labute approximate surface area is 94.2 Å². The molecule has 0 saturated heterocycles. The largest absolute Gasteiger partial charge is 0.480 e. The Morgan fingerprint density at radius 1 is 1.19 bits per heavy atom. The lowest BCUT2D eigenvalue weighted by atomic mass is 10.2. The number of ketones is 1. The van der Waals surface area contributed by atoms with E-state index in [0.717, 1.165) is 4.90 Å². The third-order valence-electron chi connectivity index (χ3n) is 1.39. The highest BCUT2D eigenvalue weighted by Gasteiger charge is 2.24. The first-order chi connectivity index (χ1) is 7.11. The monoisotopic (exact) mass is 231 g/mol. The topological polar surface area (TPSA) is 83.9 Å². The van der Waals surface area contributed by atoms with Crippen LogP contribution in [-0.2, 0) is 14.3 Å². The molecule has 0 spiro atoms. The van der Waals surface area contributed by atoms with Crippen LogP contribution in [0.2, 0.25) is 0 Å². The highest BCUT2D eigenvalue weighted by Crippen LogP contribution is 2.09. The van der Waals surface area contributed by atoms with Gasteiger partial charge in [-0.2, -0.15) is 0 Å². The van der Waals surface area contributed by atoms with E-state index < -0.39 is 24.2 Å². The molecule has 1 N–H and O–H groups in total. The summed E-state index contributed by atoms with van der Waals surface area (Å²) in [6.07, 6.45) is -0.801. The molecule has 0 rings (SSSR count). The number of carboxylic acid groups (broad SMARTS) is 1. The van der Waals surface area contributed by atoms with Crippen LogP contribution < -0.4 is 0 Å². The van der Waals surface area contributed by atoms with E-state index in [1.54, 1.807) is 20.8 Å². The molecule has 0 atom stereocenters. The van der Waals surface area contributed by atoms with Crippen LogP contribution in [0.15, 0.2) is 0 Å². The van der Waals surface area contributed by atoms with E-state index >= 15 is 0 Å². The zero-order valence-electron chi connectivity index (χ0n) is 9.94. The molecule has 0 unspecified atom stereocenters. The Morgan fingerprint density at radius 3 is 2.00 bits per heavy atom. The molecular formula is C10H17NO5. The van der Waals surface area contributed by atoms with E-state index in [0.29, 0.717) is 0 Å². The average Bonchev–Trinajstić information content (AvgIpc) is 1.97. The van der Waals surface area contributed by atoms with Gasteiger partial charge in [-0.3, -0.25) is 14.5 Å². The number of nitrogens with zero attached hydrogens (tertiary/aromatic N) is 1. The molecule has 0 saturated carbocycles. The number of amides is 1. The van der Waals surface area contributed by atoms with Crippen LogP contribution in [-0.4, -0.2) is 46.5 Å². The summed E-state index contributed by atoms with van der Waals surface area (Å²) < 4.78 is 4.97.